The largest absolute Gasteiger partial charge is 0.378 e. The molecule has 1 atom stereocenters. The SMILES string of the molecule is CCC(NC(=O)/C=C/c1ccccc1)c1cccc(N2CCOCC2)c1. The van der Waals surface area contributed by atoms with Crippen molar-refractivity contribution in [2.75, 3.05) is 31.2 Å². The summed E-state index contributed by atoms with van der Waals surface area (Å²) in [4.78, 5) is 14.7. The zero-order valence-electron chi connectivity index (χ0n) is 15.2. The highest BCUT2D eigenvalue weighted by Crippen LogP contribution is 2.23. The molecule has 0 bridgehead atoms. The molecule has 2 aromatic carbocycles. The third-order valence-corrected chi connectivity index (χ3v) is 4.60. The highest BCUT2D eigenvalue weighted by Gasteiger charge is 2.15. The van der Waals surface area contributed by atoms with Gasteiger partial charge in [0.1, 0.15) is 0 Å². The van der Waals surface area contributed by atoms with Gasteiger partial charge in [-0.05, 0) is 35.8 Å². The first kappa shape index (κ1) is 18.2. The number of morpholine rings is 1. The number of anilines is 1. The van der Waals surface area contributed by atoms with Gasteiger partial charge in [0.05, 0.1) is 19.3 Å². The number of amides is 1. The molecule has 136 valence electrons. The molecular formula is C22H26N2O2. The molecule has 0 spiro atoms. The Kier molecular flexibility index (Phi) is 6.45. The summed E-state index contributed by atoms with van der Waals surface area (Å²) in [7, 11) is 0. The summed E-state index contributed by atoms with van der Waals surface area (Å²) in [5.74, 6) is -0.0718. The Bertz CT molecular complexity index is 737. The quantitative estimate of drug-likeness (QED) is 0.806. The van der Waals surface area contributed by atoms with Gasteiger partial charge in [-0.3, -0.25) is 4.79 Å². The van der Waals surface area contributed by atoms with Gasteiger partial charge in [-0.25, -0.2) is 0 Å². The molecule has 4 heteroatoms. The molecule has 0 aliphatic carbocycles. The third-order valence-electron chi connectivity index (χ3n) is 4.60. The van der Waals surface area contributed by atoms with E-state index in [0.717, 1.165) is 43.9 Å². The first-order valence-corrected chi connectivity index (χ1v) is 9.22. The standard InChI is InChI=1S/C22H26N2O2/c1-2-21(23-22(25)12-11-18-7-4-3-5-8-18)19-9-6-10-20(17-19)24-13-15-26-16-14-24/h3-12,17,21H,2,13-16H2,1H3,(H,23,25)/b12-11+. The van der Waals surface area contributed by atoms with Gasteiger partial charge in [0.2, 0.25) is 5.91 Å². The summed E-state index contributed by atoms with van der Waals surface area (Å²) < 4.78 is 5.43. The number of carbonyl (C=O) groups is 1. The van der Waals surface area contributed by atoms with E-state index in [2.05, 4.69) is 41.4 Å². The van der Waals surface area contributed by atoms with Gasteiger partial charge in [0.25, 0.3) is 0 Å². The molecule has 26 heavy (non-hydrogen) atoms. The van der Waals surface area contributed by atoms with Crippen LogP contribution in [0.3, 0.4) is 0 Å². The van der Waals surface area contributed by atoms with Gasteiger partial charge in [-0.15, -0.1) is 0 Å². The number of ether oxygens (including phenoxy) is 1. The number of carbonyl (C=O) groups excluding carboxylic acids is 1. The lowest BCUT2D eigenvalue weighted by atomic mass is 10.0. The van der Waals surface area contributed by atoms with E-state index in [9.17, 15) is 4.79 Å². The predicted octanol–water partition coefficient (Wildman–Crippen LogP) is 3.80. The molecule has 1 aliphatic heterocycles. The van der Waals surface area contributed by atoms with E-state index >= 15 is 0 Å². The average molecular weight is 350 g/mol. The van der Waals surface area contributed by atoms with Gasteiger partial charge in [0.15, 0.2) is 0 Å². The summed E-state index contributed by atoms with van der Waals surface area (Å²) in [6, 6.07) is 18.3. The van der Waals surface area contributed by atoms with Crippen molar-refractivity contribution in [3.05, 3.63) is 71.8 Å². The van der Waals surface area contributed by atoms with Crippen LogP contribution in [0.1, 0.15) is 30.5 Å². The van der Waals surface area contributed by atoms with E-state index in [1.807, 2.05) is 36.4 Å². The fraction of sp³-hybridized carbons (Fsp3) is 0.318. The molecule has 1 N–H and O–H groups in total. The summed E-state index contributed by atoms with van der Waals surface area (Å²) >= 11 is 0. The van der Waals surface area contributed by atoms with Crippen LogP contribution >= 0.6 is 0 Å². The van der Waals surface area contributed by atoms with E-state index in [-0.39, 0.29) is 11.9 Å². The minimum absolute atomic E-state index is 0.00362. The number of hydrogen-bond donors (Lipinski definition) is 1. The molecule has 0 aromatic heterocycles. The maximum atomic E-state index is 12.3. The summed E-state index contributed by atoms with van der Waals surface area (Å²) in [5.41, 5.74) is 3.35. The number of rotatable bonds is 6. The van der Waals surface area contributed by atoms with Crippen LogP contribution in [0, 0.1) is 0 Å². The van der Waals surface area contributed by atoms with Crippen molar-refractivity contribution in [2.45, 2.75) is 19.4 Å². The van der Waals surface area contributed by atoms with Crippen LogP contribution in [0.25, 0.3) is 6.08 Å². The summed E-state index contributed by atoms with van der Waals surface area (Å²) in [5, 5.41) is 3.11. The minimum Gasteiger partial charge on any atom is -0.378 e. The van der Waals surface area contributed by atoms with Crippen molar-refractivity contribution < 1.29 is 9.53 Å². The molecule has 1 saturated heterocycles. The minimum atomic E-state index is -0.0718. The summed E-state index contributed by atoms with van der Waals surface area (Å²) in [6.45, 7) is 5.44. The van der Waals surface area contributed by atoms with Crippen molar-refractivity contribution in [2.24, 2.45) is 0 Å². The van der Waals surface area contributed by atoms with Gasteiger partial charge >= 0.3 is 0 Å². The number of hydrogen-bond acceptors (Lipinski definition) is 3. The molecule has 0 radical (unpaired) electrons. The molecule has 1 aliphatic rings. The smallest absolute Gasteiger partial charge is 0.244 e. The maximum Gasteiger partial charge on any atom is 0.244 e. The highest BCUT2D eigenvalue weighted by molar-refractivity contribution is 5.92. The third kappa shape index (κ3) is 4.96. The molecule has 4 nitrogen and oxygen atoms in total. The van der Waals surface area contributed by atoms with E-state index in [1.165, 1.54) is 5.69 Å². The first-order chi connectivity index (χ1) is 12.8. The van der Waals surface area contributed by atoms with Crippen LogP contribution in [-0.2, 0) is 9.53 Å². The second-order valence-corrected chi connectivity index (χ2v) is 6.41. The molecule has 0 saturated carbocycles. The van der Waals surface area contributed by atoms with Crippen LogP contribution in [0.5, 0.6) is 0 Å². The van der Waals surface area contributed by atoms with Crippen LogP contribution in [0.2, 0.25) is 0 Å². The Hall–Kier alpha value is -2.59. The van der Waals surface area contributed by atoms with E-state index < -0.39 is 0 Å². The normalized spacial score (nSPS) is 15.8. The highest BCUT2D eigenvalue weighted by atomic mass is 16.5. The summed E-state index contributed by atoms with van der Waals surface area (Å²) in [6.07, 6.45) is 4.29. The molecule has 1 unspecified atom stereocenters. The predicted molar refractivity (Wildman–Crippen MR) is 106 cm³/mol. The van der Waals surface area contributed by atoms with Gasteiger partial charge < -0.3 is 15.0 Å². The van der Waals surface area contributed by atoms with Crippen molar-refractivity contribution in [1.82, 2.24) is 5.32 Å². The molecule has 1 heterocycles. The molecular weight excluding hydrogens is 324 g/mol. The van der Waals surface area contributed by atoms with E-state index in [1.54, 1.807) is 6.08 Å². The lowest BCUT2D eigenvalue weighted by molar-refractivity contribution is -0.117. The van der Waals surface area contributed by atoms with Crippen molar-refractivity contribution in [1.29, 1.82) is 0 Å². The van der Waals surface area contributed by atoms with Crippen molar-refractivity contribution >= 4 is 17.7 Å². The average Bonchev–Trinajstić information content (AvgIpc) is 2.72. The van der Waals surface area contributed by atoms with E-state index in [4.69, 9.17) is 4.74 Å². The fourth-order valence-electron chi connectivity index (χ4n) is 3.14. The van der Waals surface area contributed by atoms with Gasteiger partial charge in [-0.1, -0.05) is 49.4 Å². The zero-order valence-corrected chi connectivity index (χ0v) is 15.2. The fourth-order valence-corrected chi connectivity index (χ4v) is 3.14. The number of benzene rings is 2. The Morgan fingerprint density at radius 2 is 1.92 bits per heavy atom. The van der Waals surface area contributed by atoms with Crippen LogP contribution in [0.4, 0.5) is 5.69 Å². The Morgan fingerprint density at radius 1 is 1.15 bits per heavy atom. The molecule has 2 aromatic rings. The topological polar surface area (TPSA) is 41.6 Å². The van der Waals surface area contributed by atoms with Crippen LogP contribution in [0.15, 0.2) is 60.7 Å². The Morgan fingerprint density at radius 3 is 2.65 bits per heavy atom. The Balaban J connectivity index is 1.66. The molecule has 1 fully saturated rings. The zero-order chi connectivity index (χ0) is 18.2. The lowest BCUT2D eigenvalue weighted by Crippen LogP contribution is -2.36. The second kappa shape index (κ2) is 9.20. The van der Waals surface area contributed by atoms with Crippen LogP contribution in [-0.4, -0.2) is 32.2 Å². The number of nitrogens with zero attached hydrogens (tertiary/aromatic N) is 1. The van der Waals surface area contributed by atoms with Crippen molar-refractivity contribution in [3.8, 4) is 0 Å². The Labute approximate surface area is 155 Å². The monoisotopic (exact) mass is 350 g/mol. The van der Waals surface area contributed by atoms with Crippen LogP contribution < -0.4 is 10.2 Å². The number of nitrogens with one attached hydrogen (secondary N) is 1. The van der Waals surface area contributed by atoms with Gasteiger partial charge in [-0.2, -0.15) is 0 Å². The maximum absolute atomic E-state index is 12.3. The lowest BCUT2D eigenvalue weighted by Gasteiger charge is -2.29. The van der Waals surface area contributed by atoms with Crippen molar-refractivity contribution in [3.63, 3.8) is 0 Å². The molecule has 1 amide bonds. The van der Waals surface area contributed by atoms with E-state index in [0.29, 0.717) is 0 Å². The first-order valence-electron chi connectivity index (χ1n) is 9.22. The second-order valence-electron chi connectivity index (χ2n) is 6.41. The molecule has 3 rings (SSSR count). The van der Waals surface area contributed by atoms with Gasteiger partial charge in [0, 0.05) is 24.9 Å².